The molecule has 2 heteroatoms. The van der Waals surface area contributed by atoms with Crippen LogP contribution >= 0.6 is 0 Å². The molecular weight excluding hydrogens is 184 g/mol. The van der Waals surface area contributed by atoms with Crippen LogP contribution in [-0.4, -0.2) is 13.1 Å². The Labute approximate surface area is 92.1 Å². The van der Waals surface area contributed by atoms with Crippen molar-refractivity contribution in [1.82, 2.24) is 0 Å². The van der Waals surface area contributed by atoms with Crippen molar-refractivity contribution in [1.29, 1.82) is 0 Å². The first-order valence-corrected chi connectivity index (χ1v) is 6.01. The van der Waals surface area contributed by atoms with E-state index in [-0.39, 0.29) is 0 Å². The lowest BCUT2D eigenvalue weighted by Gasteiger charge is -2.31. The zero-order chi connectivity index (χ0) is 10.7. The standard InChI is InChI=1S/C13H20N2/c1-2-7-15-8-3-4-12-9-11(10-14)5-6-13(12)15/h5-6,9H,2-4,7-8,10,14H2,1H3/p+1. The second kappa shape index (κ2) is 4.67. The number of aryl methyl sites for hydroxylation is 1. The molecule has 0 bridgehead atoms. The first kappa shape index (κ1) is 10.5. The molecular formula is C13H21N2+. The van der Waals surface area contributed by atoms with E-state index in [1.807, 2.05) is 0 Å². The van der Waals surface area contributed by atoms with Gasteiger partial charge in [0.15, 0.2) is 0 Å². The maximum atomic E-state index is 3.95. The lowest BCUT2D eigenvalue weighted by Crippen LogP contribution is -2.47. The fourth-order valence-electron chi connectivity index (χ4n) is 2.39. The van der Waals surface area contributed by atoms with E-state index in [2.05, 4.69) is 35.8 Å². The number of anilines is 1. The zero-order valence-corrected chi connectivity index (χ0v) is 9.63. The van der Waals surface area contributed by atoms with Crippen LogP contribution in [0.4, 0.5) is 5.69 Å². The molecule has 3 N–H and O–H groups in total. The van der Waals surface area contributed by atoms with Gasteiger partial charge in [-0.25, -0.2) is 0 Å². The van der Waals surface area contributed by atoms with Gasteiger partial charge in [-0.2, -0.15) is 0 Å². The monoisotopic (exact) mass is 205 g/mol. The van der Waals surface area contributed by atoms with Crippen molar-refractivity contribution < 1.29 is 5.73 Å². The van der Waals surface area contributed by atoms with E-state index < -0.39 is 0 Å². The molecule has 82 valence electrons. The van der Waals surface area contributed by atoms with Crippen molar-refractivity contribution in [3.8, 4) is 0 Å². The molecule has 0 saturated heterocycles. The predicted molar refractivity (Wildman–Crippen MR) is 63.9 cm³/mol. The van der Waals surface area contributed by atoms with E-state index in [1.165, 1.54) is 49.2 Å². The number of hydrogen-bond acceptors (Lipinski definition) is 1. The number of rotatable bonds is 3. The molecule has 0 atom stereocenters. The molecule has 15 heavy (non-hydrogen) atoms. The van der Waals surface area contributed by atoms with Gasteiger partial charge < -0.3 is 10.6 Å². The highest BCUT2D eigenvalue weighted by Gasteiger charge is 2.15. The van der Waals surface area contributed by atoms with E-state index in [9.17, 15) is 0 Å². The number of hydrogen-bond donors (Lipinski definition) is 1. The molecule has 1 aliphatic rings. The van der Waals surface area contributed by atoms with Gasteiger partial charge in [-0.15, -0.1) is 0 Å². The van der Waals surface area contributed by atoms with Crippen LogP contribution in [0.5, 0.6) is 0 Å². The highest BCUT2D eigenvalue weighted by molar-refractivity contribution is 5.56. The van der Waals surface area contributed by atoms with Crippen LogP contribution in [0, 0.1) is 0 Å². The van der Waals surface area contributed by atoms with Crippen LogP contribution in [-0.2, 0) is 13.0 Å². The molecule has 1 heterocycles. The molecule has 0 fully saturated rings. The van der Waals surface area contributed by atoms with Crippen LogP contribution in [0.3, 0.4) is 0 Å². The summed E-state index contributed by atoms with van der Waals surface area (Å²) in [4.78, 5) is 2.52. The predicted octanol–water partition coefficient (Wildman–Crippen LogP) is 1.59. The smallest absolute Gasteiger partial charge is 0.0997 e. The third-order valence-electron chi connectivity index (χ3n) is 3.14. The highest BCUT2D eigenvalue weighted by Crippen LogP contribution is 2.27. The maximum Gasteiger partial charge on any atom is 0.0997 e. The lowest BCUT2D eigenvalue weighted by molar-refractivity contribution is -0.386. The summed E-state index contributed by atoms with van der Waals surface area (Å²) in [5.41, 5.74) is 8.30. The van der Waals surface area contributed by atoms with Gasteiger partial charge in [0, 0.05) is 24.3 Å². The molecule has 1 aliphatic heterocycles. The molecule has 2 rings (SSSR count). The fourth-order valence-corrected chi connectivity index (χ4v) is 2.39. The first-order valence-electron chi connectivity index (χ1n) is 6.01. The van der Waals surface area contributed by atoms with E-state index in [0.29, 0.717) is 0 Å². The molecule has 0 amide bonds. The third-order valence-corrected chi connectivity index (χ3v) is 3.14. The average Bonchev–Trinajstić information content (AvgIpc) is 2.29. The Morgan fingerprint density at radius 1 is 1.40 bits per heavy atom. The third kappa shape index (κ3) is 2.15. The largest absolute Gasteiger partial charge is 0.371 e. The van der Waals surface area contributed by atoms with Gasteiger partial charge >= 0.3 is 0 Å². The summed E-state index contributed by atoms with van der Waals surface area (Å²) in [7, 11) is 0. The minimum absolute atomic E-state index is 0.904. The number of nitrogens with zero attached hydrogens (tertiary/aromatic N) is 1. The molecule has 0 spiro atoms. The summed E-state index contributed by atoms with van der Waals surface area (Å²) < 4.78 is 0. The Kier molecular flexibility index (Phi) is 3.27. The second-order valence-corrected chi connectivity index (χ2v) is 4.30. The Bertz CT molecular complexity index is 333. The SMILES string of the molecule is CCCN1CCCc2cc(C[NH3+])ccc21. The Morgan fingerprint density at radius 2 is 2.27 bits per heavy atom. The molecule has 0 aromatic heterocycles. The van der Waals surface area contributed by atoms with Gasteiger partial charge in [0.05, 0.1) is 6.54 Å². The van der Waals surface area contributed by atoms with Gasteiger partial charge in [0.25, 0.3) is 0 Å². The number of fused-ring (bicyclic) bond motifs is 1. The van der Waals surface area contributed by atoms with Crippen LogP contribution in [0.25, 0.3) is 0 Å². The van der Waals surface area contributed by atoms with E-state index >= 15 is 0 Å². The summed E-state index contributed by atoms with van der Waals surface area (Å²) in [5.74, 6) is 0. The van der Waals surface area contributed by atoms with Crippen LogP contribution < -0.4 is 10.6 Å². The van der Waals surface area contributed by atoms with Gasteiger partial charge in [0.2, 0.25) is 0 Å². The second-order valence-electron chi connectivity index (χ2n) is 4.30. The van der Waals surface area contributed by atoms with Crippen molar-refractivity contribution >= 4 is 5.69 Å². The first-order chi connectivity index (χ1) is 7.35. The summed E-state index contributed by atoms with van der Waals surface area (Å²) in [5, 5.41) is 0. The summed E-state index contributed by atoms with van der Waals surface area (Å²) in [6.45, 7) is 5.57. The summed E-state index contributed by atoms with van der Waals surface area (Å²) in [6.07, 6.45) is 3.77. The van der Waals surface area contributed by atoms with Crippen molar-refractivity contribution in [3.05, 3.63) is 29.3 Å². The Balaban J connectivity index is 2.28. The zero-order valence-electron chi connectivity index (χ0n) is 9.63. The summed E-state index contributed by atoms with van der Waals surface area (Å²) >= 11 is 0. The van der Waals surface area contributed by atoms with Crippen LogP contribution in [0.2, 0.25) is 0 Å². The van der Waals surface area contributed by atoms with Crippen LogP contribution in [0.1, 0.15) is 30.9 Å². The molecule has 0 radical (unpaired) electrons. The van der Waals surface area contributed by atoms with E-state index in [1.54, 1.807) is 0 Å². The van der Waals surface area contributed by atoms with Crippen molar-refractivity contribution in [3.63, 3.8) is 0 Å². The molecule has 0 unspecified atom stereocenters. The number of quaternary nitrogens is 1. The molecule has 1 aromatic carbocycles. The van der Waals surface area contributed by atoms with E-state index in [4.69, 9.17) is 0 Å². The average molecular weight is 205 g/mol. The Morgan fingerprint density at radius 3 is 3.00 bits per heavy atom. The summed E-state index contributed by atoms with van der Waals surface area (Å²) in [6, 6.07) is 6.84. The van der Waals surface area contributed by atoms with Crippen molar-refractivity contribution in [2.24, 2.45) is 0 Å². The van der Waals surface area contributed by atoms with Crippen LogP contribution in [0.15, 0.2) is 18.2 Å². The molecule has 1 aromatic rings. The topological polar surface area (TPSA) is 30.9 Å². The molecule has 0 saturated carbocycles. The fraction of sp³-hybridized carbons (Fsp3) is 0.538. The van der Waals surface area contributed by atoms with Gasteiger partial charge in [-0.1, -0.05) is 13.0 Å². The number of benzene rings is 1. The minimum Gasteiger partial charge on any atom is -0.371 e. The van der Waals surface area contributed by atoms with E-state index in [0.717, 1.165) is 6.54 Å². The van der Waals surface area contributed by atoms with Crippen molar-refractivity contribution in [2.45, 2.75) is 32.7 Å². The Hall–Kier alpha value is -1.02. The lowest BCUT2D eigenvalue weighted by atomic mass is 9.99. The molecule has 0 aliphatic carbocycles. The van der Waals surface area contributed by atoms with Gasteiger partial charge in [-0.3, -0.25) is 0 Å². The van der Waals surface area contributed by atoms with Crippen molar-refractivity contribution in [2.75, 3.05) is 18.0 Å². The quantitative estimate of drug-likeness (QED) is 0.798. The van der Waals surface area contributed by atoms with Gasteiger partial charge in [0.1, 0.15) is 0 Å². The normalized spacial score (nSPS) is 15.2. The minimum atomic E-state index is 0.904. The van der Waals surface area contributed by atoms with Gasteiger partial charge in [-0.05, 0) is 37.0 Å². The maximum absolute atomic E-state index is 3.95. The highest BCUT2D eigenvalue weighted by atomic mass is 15.1. The molecule has 2 nitrogen and oxygen atoms in total.